The molecule has 1 N–H and O–H groups in total. The van der Waals surface area contributed by atoms with Crippen molar-refractivity contribution in [2.24, 2.45) is 5.92 Å². The van der Waals surface area contributed by atoms with Gasteiger partial charge in [0.1, 0.15) is 5.82 Å². The number of rotatable bonds is 4. The van der Waals surface area contributed by atoms with Crippen LogP contribution >= 0.6 is 0 Å². The number of fused-ring (bicyclic) bond motifs is 2. The molecule has 8 heteroatoms. The van der Waals surface area contributed by atoms with Crippen LogP contribution < -0.4 is 9.62 Å². The lowest BCUT2D eigenvalue weighted by molar-refractivity contribution is -0.116. The van der Waals surface area contributed by atoms with E-state index in [4.69, 9.17) is 0 Å². The van der Waals surface area contributed by atoms with E-state index in [0.717, 1.165) is 36.5 Å². The van der Waals surface area contributed by atoms with Crippen LogP contribution in [0, 0.1) is 5.92 Å². The molecule has 4 rings (SSSR count). The second-order valence-corrected chi connectivity index (χ2v) is 9.25. The SMILES string of the molecule is CC(=O)N1c2ccc(S(=O)(=O)NC[C@@H]3CCn4ccnc4C3)cc2C[C@H]1C. The Morgan fingerprint density at radius 1 is 1.33 bits per heavy atom. The molecule has 1 amide bonds. The quantitative estimate of drug-likeness (QED) is 0.864. The summed E-state index contributed by atoms with van der Waals surface area (Å²) >= 11 is 0. The Bertz CT molecular complexity index is 983. The van der Waals surface area contributed by atoms with Crippen molar-refractivity contribution in [3.63, 3.8) is 0 Å². The predicted octanol–water partition coefficient (Wildman–Crippen LogP) is 1.72. The van der Waals surface area contributed by atoms with Gasteiger partial charge in [-0.15, -0.1) is 0 Å². The molecule has 0 radical (unpaired) electrons. The number of nitrogens with zero attached hydrogens (tertiary/aromatic N) is 3. The van der Waals surface area contributed by atoms with E-state index in [0.29, 0.717) is 13.0 Å². The van der Waals surface area contributed by atoms with Crippen LogP contribution in [0.3, 0.4) is 0 Å². The van der Waals surface area contributed by atoms with Crippen molar-refractivity contribution in [2.75, 3.05) is 11.4 Å². The van der Waals surface area contributed by atoms with Crippen LogP contribution in [0.25, 0.3) is 0 Å². The van der Waals surface area contributed by atoms with E-state index >= 15 is 0 Å². The van der Waals surface area contributed by atoms with Crippen molar-refractivity contribution in [3.8, 4) is 0 Å². The van der Waals surface area contributed by atoms with Gasteiger partial charge in [-0.3, -0.25) is 4.79 Å². The van der Waals surface area contributed by atoms with Gasteiger partial charge in [0, 0.05) is 50.6 Å². The molecule has 0 saturated heterocycles. The number of anilines is 1. The van der Waals surface area contributed by atoms with Gasteiger partial charge in [0.05, 0.1) is 4.90 Å². The minimum atomic E-state index is -3.58. The van der Waals surface area contributed by atoms with Crippen LogP contribution in [0.2, 0.25) is 0 Å². The number of aryl methyl sites for hydroxylation is 1. The Labute approximate surface area is 159 Å². The molecule has 0 saturated carbocycles. The van der Waals surface area contributed by atoms with Crippen LogP contribution in [-0.4, -0.2) is 36.5 Å². The second kappa shape index (κ2) is 6.76. The minimum Gasteiger partial charge on any atom is -0.335 e. The molecular weight excluding hydrogens is 364 g/mol. The first-order valence-corrected chi connectivity index (χ1v) is 10.8. The maximum absolute atomic E-state index is 12.8. The molecule has 3 heterocycles. The molecule has 0 bridgehead atoms. The van der Waals surface area contributed by atoms with E-state index < -0.39 is 10.0 Å². The van der Waals surface area contributed by atoms with Crippen molar-refractivity contribution in [1.82, 2.24) is 14.3 Å². The molecule has 0 spiro atoms. The Hall–Kier alpha value is -2.19. The summed E-state index contributed by atoms with van der Waals surface area (Å²) < 4.78 is 30.4. The van der Waals surface area contributed by atoms with Gasteiger partial charge in [0.25, 0.3) is 0 Å². The lowest BCUT2D eigenvalue weighted by Gasteiger charge is -2.23. The average Bonchev–Trinajstić information content (AvgIpc) is 3.21. The molecule has 1 aromatic heterocycles. The molecular formula is C19H24N4O3S. The highest BCUT2D eigenvalue weighted by Gasteiger charge is 2.30. The van der Waals surface area contributed by atoms with E-state index in [1.54, 1.807) is 29.3 Å². The Morgan fingerprint density at radius 3 is 2.93 bits per heavy atom. The lowest BCUT2D eigenvalue weighted by Crippen LogP contribution is -2.33. The average molecular weight is 388 g/mol. The normalized spacial score (nSPS) is 21.8. The highest BCUT2D eigenvalue weighted by Crippen LogP contribution is 2.33. The number of hydrogen-bond acceptors (Lipinski definition) is 4. The van der Waals surface area contributed by atoms with Crippen molar-refractivity contribution < 1.29 is 13.2 Å². The van der Waals surface area contributed by atoms with Crippen molar-refractivity contribution in [1.29, 1.82) is 0 Å². The predicted molar refractivity (Wildman–Crippen MR) is 102 cm³/mol. The smallest absolute Gasteiger partial charge is 0.240 e. The van der Waals surface area contributed by atoms with Gasteiger partial charge in [-0.1, -0.05) is 0 Å². The molecule has 7 nitrogen and oxygen atoms in total. The first-order valence-electron chi connectivity index (χ1n) is 9.27. The summed E-state index contributed by atoms with van der Waals surface area (Å²) in [5.41, 5.74) is 1.72. The summed E-state index contributed by atoms with van der Waals surface area (Å²) in [4.78, 5) is 18.2. The highest BCUT2D eigenvalue weighted by molar-refractivity contribution is 7.89. The third kappa shape index (κ3) is 3.39. The van der Waals surface area contributed by atoms with Gasteiger partial charge in [-0.05, 0) is 49.4 Å². The van der Waals surface area contributed by atoms with Crippen LogP contribution in [-0.2, 0) is 34.2 Å². The fourth-order valence-electron chi connectivity index (χ4n) is 4.16. The summed E-state index contributed by atoms with van der Waals surface area (Å²) in [5, 5.41) is 0. The monoisotopic (exact) mass is 388 g/mol. The zero-order valence-corrected chi connectivity index (χ0v) is 16.4. The molecule has 2 aliphatic rings. The second-order valence-electron chi connectivity index (χ2n) is 7.48. The number of nitrogens with one attached hydrogen (secondary N) is 1. The Kier molecular flexibility index (Phi) is 4.55. The third-order valence-electron chi connectivity index (χ3n) is 5.53. The molecule has 27 heavy (non-hydrogen) atoms. The fraction of sp³-hybridized carbons (Fsp3) is 0.474. The van der Waals surface area contributed by atoms with Gasteiger partial charge in [-0.2, -0.15) is 0 Å². The molecule has 0 fully saturated rings. The fourth-order valence-corrected chi connectivity index (χ4v) is 5.32. The molecule has 2 atom stereocenters. The van der Waals surface area contributed by atoms with Crippen molar-refractivity contribution in [2.45, 2.75) is 50.6 Å². The number of imidazole rings is 1. The number of carbonyl (C=O) groups is 1. The first-order chi connectivity index (χ1) is 12.8. The highest BCUT2D eigenvalue weighted by atomic mass is 32.2. The molecule has 1 aromatic carbocycles. The standard InChI is InChI=1S/C19H24N4O3S/c1-13-9-16-11-17(3-4-18(16)23(13)14(2)24)27(25,26)21-12-15-5-7-22-8-6-20-19(22)10-15/h3-4,6,8,11,13,15,21H,5,7,9-10,12H2,1-2H3/t13-,15-/m1/s1. The van der Waals surface area contributed by atoms with Crippen LogP contribution in [0.1, 0.15) is 31.7 Å². The van der Waals surface area contributed by atoms with Gasteiger partial charge < -0.3 is 9.47 Å². The van der Waals surface area contributed by atoms with Gasteiger partial charge >= 0.3 is 0 Å². The lowest BCUT2D eigenvalue weighted by atomic mass is 9.98. The minimum absolute atomic E-state index is 0.0226. The van der Waals surface area contributed by atoms with Crippen LogP contribution in [0.5, 0.6) is 0 Å². The van der Waals surface area contributed by atoms with Crippen LogP contribution in [0.15, 0.2) is 35.5 Å². The molecule has 0 unspecified atom stereocenters. The molecule has 2 aromatic rings. The Morgan fingerprint density at radius 2 is 2.15 bits per heavy atom. The summed E-state index contributed by atoms with van der Waals surface area (Å²) in [6, 6.07) is 5.08. The summed E-state index contributed by atoms with van der Waals surface area (Å²) in [6.45, 7) is 4.79. The zero-order chi connectivity index (χ0) is 19.2. The number of amides is 1. The Balaban J connectivity index is 1.47. The number of carbonyl (C=O) groups excluding carboxylic acids is 1. The largest absolute Gasteiger partial charge is 0.335 e. The topological polar surface area (TPSA) is 84.3 Å². The van der Waals surface area contributed by atoms with Crippen molar-refractivity contribution >= 4 is 21.6 Å². The number of sulfonamides is 1. The number of aromatic nitrogens is 2. The number of benzene rings is 1. The van der Waals surface area contributed by atoms with Gasteiger partial charge in [-0.25, -0.2) is 18.1 Å². The summed E-state index contributed by atoms with van der Waals surface area (Å²) in [6.07, 6.45) is 6.14. The maximum Gasteiger partial charge on any atom is 0.240 e. The third-order valence-corrected chi connectivity index (χ3v) is 6.95. The maximum atomic E-state index is 12.8. The van der Waals surface area contributed by atoms with E-state index in [-0.39, 0.29) is 22.8 Å². The van der Waals surface area contributed by atoms with Crippen LogP contribution in [0.4, 0.5) is 5.69 Å². The summed E-state index contributed by atoms with van der Waals surface area (Å²) in [7, 11) is -3.58. The van der Waals surface area contributed by atoms with E-state index in [1.807, 2.05) is 13.1 Å². The van der Waals surface area contributed by atoms with E-state index in [2.05, 4.69) is 14.3 Å². The first kappa shape index (κ1) is 18.2. The van der Waals surface area contributed by atoms with E-state index in [9.17, 15) is 13.2 Å². The summed E-state index contributed by atoms with van der Waals surface area (Å²) in [5.74, 6) is 1.24. The number of hydrogen-bond donors (Lipinski definition) is 1. The van der Waals surface area contributed by atoms with Gasteiger partial charge in [0.15, 0.2) is 0 Å². The zero-order valence-electron chi connectivity index (χ0n) is 15.6. The molecule has 0 aliphatic carbocycles. The van der Waals surface area contributed by atoms with Gasteiger partial charge in [0.2, 0.25) is 15.9 Å². The molecule has 144 valence electrons. The molecule has 2 aliphatic heterocycles. The van der Waals surface area contributed by atoms with E-state index in [1.165, 1.54) is 6.92 Å². The van der Waals surface area contributed by atoms with Crippen molar-refractivity contribution in [3.05, 3.63) is 42.0 Å².